The smallest absolute Gasteiger partial charge is 0.191 e. The number of hydrogen-bond donors (Lipinski definition) is 2. The van der Waals surface area contributed by atoms with E-state index in [9.17, 15) is 0 Å². The maximum atomic E-state index is 4.69. The van der Waals surface area contributed by atoms with Gasteiger partial charge in [0.25, 0.3) is 0 Å². The lowest BCUT2D eigenvalue weighted by molar-refractivity contribution is 0.681. The number of hydrogen-bond acceptors (Lipinski definition) is 3. The molecule has 1 unspecified atom stereocenters. The molecule has 2 N–H and O–H groups in total. The fourth-order valence-corrected chi connectivity index (χ4v) is 3.01. The van der Waals surface area contributed by atoms with Crippen LogP contribution < -0.4 is 10.6 Å². The van der Waals surface area contributed by atoms with Crippen LogP contribution >= 0.6 is 35.7 Å². The second-order valence-electron chi connectivity index (χ2n) is 5.87. The fraction of sp³-hybridized carbons (Fsp3) is 0.474. The highest BCUT2D eigenvalue weighted by Gasteiger charge is 2.09. The Hall–Kier alpha value is -1.22. The lowest BCUT2D eigenvalue weighted by Gasteiger charge is -2.19. The molecule has 0 radical (unpaired) electrons. The Kier molecular flexibility index (Phi) is 11.4. The van der Waals surface area contributed by atoms with Crippen molar-refractivity contribution in [1.82, 2.24) is 20.4 Å². The van der Waals surface area contributed by atoms with Crippen LogP contribution in [0.1, 0.15) is 38.3 Å². The first-order valence-electron chi connectivity index (χ1n) is 8.88. The third kappa shape index (κ3) is 7.57. The molecule has 1 atom stereocenters. The maximum Gasteiger partial charge on any atom is 0.191 e. The van der Waals surface area contributed by atoms with E-state index in [0.717, 1.165) is 31.2 Å². The number of aromatic nitrogens is 2. The van der Waals surface area contributed by atoms with Crippen molar-refractivity contribution in [3.05, 3.63) is 48.3 Å². The molecule has 5 nitrogen and oxygen atoms in total. The zero-order valence-corrected chi connectivity index (χ0v) is 19.0. The molecule has 0 aliphatic carbocycles. The van der Waals surface area contributed by atoms with Gasteiger partial charge in [0.1, 0.15) is 0 Å². The van der Waals surface area contributed by atoms with E-state index < -0.39 is 0 Å². The minimum absolute atomic E-state index is 0. The van der Waals surface area contributed by atoms with E-state index in [1.54, 1.807) is 6.20 Å². The molecule has 26 heavy (non-hydrogen) atoms. The van der Waals surface area contributed by atoms with Gasteiger partial charge in [-0.3, -0.25) is 4.99 Å². The van der Waals surface area contributed by atoms with Gasteiger partial charge in [-0.2, -0.15) is 16.9 Å². The van der Waals surface area contributed by atoms with Gasteiger partial charge >= 0.3 is 0 Å². The van der Waals surface area contributed by atoms with Crippen molar-refractivity contribution >= 4 is 41.7 Å². The Bertz CT molecular complexity index is 645. The largest absolute Gasteiger partial charge is 0.357 e. The van der Waals surface area contributed by atoms with Crippen LogP contribution in [0.3, 0.4) is 0 Å². The third-order valence-corrected chi connectivity index (χ3v) is 4.56. The van der Waals surface area contributed by atoms with Gasteiger partial charge in [-0.25, -0.2) is 4.68 Å². The first-order valence-corrected chi connectivity index (χ1v) is 10.3. The van der Waals surface area contributed by atoms with Crippen molar-refractivity contribution in [1.29, 1.82) is 0 Å². The molecule has 0 aliphatic rings. The molecule has 1 heterocycles. The first-order chi connectivity index (χ1) is 12.2. The fourth-order valence-electron chi connectivity index (χ4n) is 2.52. The van der Waals surface area contributed by atoms with Gasteiger partial charge in [-0.05, 0) is 62.5 Å². The number of guanidine groups is 1. The molecule has 7 heteroatoms. The molecule has 0 fully saturated rings. The average Bonchev–Trinajstić information content (AvgIpc) is 3.16. The Morgan fingerprint density at radius 2 is 2.15 bits per heavy atom. The van der Waals surface area contributed by atoms with Crippen molar-refractivity contribution in [2.45, 2.75) is 32.7 Å². The van der Waals surface area contributed by atoms with Gasteiger partial charge in [0.2, 0.25) is 0 Å². The SMILES string of the molecule is CCNC(=NCCCCSC)NC(C)c1cccc(-n2cccn2)c1.I. The summed E-state index contributed by atoms with van der Waals surface area (Å²) in [6.07, 6.45) is 8.23. The summed E-state index contributed by atoms with van der Waals surface area (Å²) >= 11 is 1.89. The predicted octanol–water partition coefficient (Wildman–Crippen LogP) is 4.25. The van der Waals surface area contributed by atoms with Crippen LogP contribution in [-0.2, 0) is 0 Å². The van der Waals surface area contributed by atoms with Gasteiger partial charge in [-0.1, -0.05) is 12.1 Å². The number of thioether (sulfide) groups is 1. The summed E-state index contributed by atoms with van der Waals surface area (Å²) in [6, 6.07) is 10.5. The molecular weight excluding hydrogens is 457 g/mol. The molecule has 0 amide bonds. The number of rotatable bonds is 9. The van der Waals surface area contributed by atoms with Crippen molar-refractivity contribution < 1.29 is 0 Å². The molecular formula is C19H30IN5S. The topological polar surface area (TPSA) is 54.2 Å². The molecule has 2 aromatic rings. The maximum absolute atomic E-state index is 4.69. The predicted molar refractivity (Wildman–Crippen MR) is 124 cm³/mol. The van der Waals surface area contributed by atoms with Gasteiger partial charge in [0.15, 0.2) is 5.96 Å². The highest BCUT2D eigenvalue weighted by Crippen LogP contribution is 2.16. The van der Waals surface area contributed by atoms with E-state index in [0.29, 0.717) is 0 Å². The summed E-state index contributed by atoms with van der Waals surface area (Å²) in [5, 5.41) is 11.1. The van der Waals surface area contributed by atoms with Gasteiger partial charge in [0.05, 0.1) is 11.7 Å². The molecule has 1 aromatic heterocycles. The van der Waals surface area contributed by atoms with Crippen LogP contribution in [0.4, 0.5) is 0 Å². The van der Waals surface area contributed by atoms with E-state index in [1.165, 1.54) is 17.7 Å². The minimum Gasteiger partial charge on any atom is -0.357 e. The number of halogens is 1. The second kappa shape index (κ2) is 13.0. The Balaban J connectivity index is 0.00000338. The van der Waals surface area contributed by atoms with E-state index in [2.05, 4.69) is 60.1 Å². The molecule has 0 spiro atoms. The van der Waals surface area contributed by atoms with Gasteiger partial charge in [0, 0.05) is 25.5 Å². The van der Waals surface area contributed by atoms with Crippen LogP contribution in [0, 0.1) is 0 Å². The second-order valence-corrected chi connectivity index (χ2v) is 6.86. The average molecular weight is 487 g/mol. The molecule has 0 saturated heterocycles. The molecule has 0 bridgehead atoms. The van der Waals surface area contributed by atoms with Crippen LogP contribution in [-0.4, -0.2) is 40.8 Å². The summed E-state index contributed by atoms with van der Waals surface area (Å²) in [5.41, 5.74) is 2.27. The lowest BCUT2D eigenvalue weighted by Crippen LogP contribution is -2.38. The summed E-state index contributed by atoms with van der Waals surface area (Å²) in [7, 11) is 0. The van der Waals surface area contributed by atoms with Crippen LogP contribution in [0.15, 0.2) is 47.7 Å². The number of aliphatic imine (C=N–C) groups is 1. The highest BCUT2D eigenvalue weighted by atomic mass is 127. The summed E-state index contributed by atoms with van der Waals surface area (Å²) in [5.74, 6) is 2.08. The molecule has 2 rings (SSSR count). The van der Waals surface area contributed by atoms with E-state index in [-0.39, 0.29) is 30.0 Å². The zero-order chi connectivity index (χ0) is 17.9. The third-order valence-electron chi connectivity index (χ3n) is 3.86. The van der Waals surface area contributed by atoms with E-state index >= 15 is 0 Å². The van der Waals surface area contributed by atoms with Crippen LogP contribution in [0.2, 0.25) is 0 Å². The Labute approximate surface area is 178 Å². The van der Waals surface area contributed by atoms with Crippen LogP contribution in [0.5, 0.6) is 0 Å². The Morgan fingerprint density at radius 1 is 1.31 bits per heavy atom. The summed E-state index contributed by atoms with van der Waals surface area (Å²) < 4.78 is 1.88. The van der Waals surface area contributed by atoms with Crippen molar-refractivity contribution in [2.75, 3.05) is 25.1 Å². The molecule has 0 aliphatic heterocycles. The van der Waals surface area contributed by atoms with Crippen molar-refractivity contribution in [3.8, 4) is 5.69 Å². The monoisotopic (exact) mass is 487 g/mol. The zero-order valence-electron chi connectivity index (χ0n) is 15.8. The number of nitrogens with one attached hydrogen (secondary N) is 2. The molecule has 1 aromatic carbocycles. The highest BCUT2D eigenvalue weighted by molar-refractivity contribution is 14.0. The van der Waals surface area contributed by atoms with E-state index in [4.69, 9.17) is 4.99 Å². The first kappa shape index (κ1) is 22.8. The van der Waals surface area contributed by atoms with Gasteiger partial charge < -0.3 is 10.6 Å². The molecule has 144 valence electrons. The van der Waals surface area contributed by atoms with Crippen molar-refractivity contribution in [2.24, 2.45) is 4.99 Å². The molecule has 0 saturated carbocycles. The van der Waals surface area contributed by atoms with Crippen LogP contribution in [0.25, 0.3) is 5.69 Å². The van der Waals surface area contributed by atoms with Crippen molar-refractivity contribution in [3.63, 3.8) is 0 Å². The lowest BCUT2D eigenvalue weighted by atomic mass is 10.1. The van der Waals surface area contributed by atoms with Gasteiger partial charge in [-0.15, -0.1) is 24.0 Å². The minimum atomic E-state index is 0. The van der Waals surface area contributed by atoms with E-state index in [1.807, 2.05) is 28.7 Å². The normalized spacial score (nSPS) is 12.3. The summed E-state index contributed by atoms with van der Waals surface area (Å²) in [4.78, 5) is 4.69. The number of unbranched alkanes of at least 4 members (excludes halogenated alkanes) is 1. The quantitative estimate of drug-likeness (QED) is 0.240. The standard InChI is InChI=1S/C19H29N5S.HI/c1-4-20-19(21-11-5-6-14-25-3)23-16(2)17-9-7-10-18(15-17)24-13-8-12-22-24;/h7-10,12-13,15-16H,4-6,11,14H2,1-3H3,(H2,20,21,23);1H. The number of nitrogens with zero attached hydrogens (tertiary/aromatic N) is 3. The number of benzene rings is 1. The summed E-state index contributed by atoms with van der Waals surface area (Å²) in [6.45, 7) is 5.96. The Morgan fingerprint density at radius 3 is 2.85 bits per heavy atom.